The molecule has 0 saturated heterocycles. The molecule has 5 nitrogen and oxygen atoms in total. The highest BCUT2D eigenvalue weighted by Crippen LogP contribution is 2.34. The molecule has 2 aromatic heterocycles. The molecule has 0 atom stereocenters. The van der Waals surface area contributed by atoms with E-state index in [4.69, 9.17) is 21.4 Å². The zero-order valence-electron chi connectivity index (χ0n) is 10.6. The summed E-state index contributed by atoms with van der Waals surface area (Å²) < 4.78 is 10.6. The number of rotatable bonds is 4. The summed E-state index contributed by atoms with van der Waals surface area (Å²) >= 11 is 6.41. The normalized spacial score (nSPS) is 10.8. The average Bonchev–Trinajstić information content (AvgIpc) is 3.07. The molecule has 0 radical (unpaired) electrons. The number of aromatic amines is 1. The van der Waals surface area contributed by atoms with Crippen molar-refractivity contribution in [3.8, 4) is 21.3 Å². The number of methoxy groups -OCH3 is 1. The predicted molar refractivity (Wildman–Crippen MR) is 78.9 cm³/mol. The van der Waals surface area contributed by atoms with E-state index in [9.17, 15) is 0 Å². The first kappa shape index (κ1) is 13.2. The molecule has 0 aliphatic rings. The first-order valence-electron chi connectivity index (χ1n) is 5.88. The van der Waals surface area contributed by atoms with Gasteiger partial charge in [0.05, 0.1) is 12.3 Å². The lowest BCUT2D eigenvalue weighted by atomic mass is 10.2. The summed E-state index contributed by atoms with van der Waals surface area (Å²) in [5.41, 5.74) is 1.84. The van der Waals surface area contributed by atoms with Gasteiger partial charge in [-0.2, -0.15) is 0 Å². The van der Waals surface area contributed by atoms with Crippen LogP contribution < -0.4 is 0 Å². The van der Waals surface area contributed by atoms with Crippen LogP contribution in [0.5, 0.6) is 0 Å². The summed E-state index contributed by atoms with van der Waals surface area (Å²) in [6.45, 7) is 0.397. The van der Waals surface area contributed by atoms with E-state index in [1.807, 2.05) is 30.3 Å². The monoisotopic (exact) mass is 305 g/mol. The third-order valence-corrected chi connectivity index (χ3v) is 3.94. The van der Waals surface area contributed by atoms with Crippen molar-refractivity contribution in [3.63, 3.8) is 0 Å². The molecule has 0 aliphatic heterocycles. The highest BCUT2D eigenvalue weighted by molar-refractivity contribution is 7.71. The molecule has 20 heavy (non-hydrogen) atoms. The lowest BCUT2D eigenvalue weighted by Crippen LogP contribution is -1.90. The lowest BCUT2D eigenvalue weighted by Gasteiger charge is -1.95. The number of aromatic nitrogens is 3. The average molecular weight is 305 g/mol. The molecule has 0 amide bonds. The second-order valence-electron chi connectivity index (χ2n) is 4.01. The van der Waals surface area contributed by atoms with Gasteiger partial charge in [-0.15, -0.1) is 16.4 Å². The predicted octanol–water partition coefficient (Wildman–Crippen LogP) is 3.67. The molecule has 0 spiro atoms. The van der Waals surface area contributed by atoms with Gasteiger partial charge in [-0.1, -0.05) is 30.3 Å². The number of hydrogen-bond donors (Lipinski definition) is 1. The van der Waals surface area contributed by atoms with Crippen molar-refractivity contribution in [3.05, 3.63) is 40.9 Å². The number of H-pyrrole nitrogens is 1. The van der Waals surface area contributed by atoms with Crippen LogP contribution in [0.25, 0.3) is 21.3 Å². The first-order valence-corrected chi connectivity index (χ1v) is 7.10. The van der Waals surface area contributed by atoms with E-state index in [1.165, 1.54) is 11.3 Å². The van der Waals surface area contributed by atoms with Crippen LogP contribution in [-0.4, -0.2) is 22.3 Å². The van der Waals surface area contributed by atoms with Gasteiger partial charge in [-0.3, -0.25) is 0 Å². The van der Waals surface area contributed by atoms with Gasteiger partial charge in [0.25, 0.3) is 10.7 Å². The minimum Gasteiger partial charge on any atom is -0.408 e. The fourth-order valence-corrected chi connectivity index (χ4v) is 2.91. The quantitative estimate of drug-likeness (QED) is 0.745. The van der Waals surface area contributed by atoms with E-state index in [0.29, 0.717) is 12.5 Å². The Labute approximate surface area is 124 Å². The minimum atomic E-state index is 0.248. The van der Waals surface area contributed by atoms with Crippen LogP contribution in [0.1, 0.15) is 5.69 Å². The third kappa shape index (κ3) is 2.55. The standard InChI is InChI=1S/C13H11N3O2S2/c1-17-7-9-10(11-15-16-13(19)18-11)20-12(14-9)8-5-3-2-4-6-8/h2-6H,7H2,1H3,(H,16,19). The maximum Gasteiger partial charge on any atom is 0.284 e. The van der Waals surface area contributed by atoms with Crippen LogP contribution in [0, 0.1) is 4.84 Å². The van der Waals surface area contributed by atoms with Crippen LogP contribution in [0.3, 0.4) is 0 Å². The number of hydrogen-bond acceptors (Lipinski definition) is 6. The fourth-order valence-electron chi connectivity index (χ4n) is 1.78. The molecule has 0 aliphatic carbocycles. The molecule has 1 N–H and O–H groups in total. The SMILES string of the molecule is COCc1nc(-c2ccccc2)sc1-c1n[nH]c(=S)o1. The molecule has 3 aromatic rings. The van der Waals surface area contributed by atoms with Gasteiger partial charge in [-0.05, 0) is 12.2 Å². The van der Waals surface area contributed by atoms with Crippen molar-refractivity contribution >= 4 is 23.6 Å². The highest BCUT2D eigenvalue weighted by Gasteiger charge is 2.17. The summed E-state index contributed by atoms with van der Waals surface area (Å²) in [5, 5.41) is 7.58. The van der Waals surface area contributed by atoms with Crippen LogP contribution in [0.2, 0.25) is 0 Å². The Balaban J connectivity index is 2.09. The molecule has 0 bridgehead atoms. The smallest absolute Gasteiger partial charge is 0.284 e. The van der Waals surface area contributed by atoms with Gasteiger partial charge in [-0.25, -0.2) is 10.1 Å². The van der Waals surface area contributed by atoms with Crippen LogP contribution >= 0.6 is 23.6 Å². The van der Waals surface area contributed by atoms with E-state index in [-0.39, 0.29) is 4.84 Å². The Hall–Kier alpha value is -1.83. The van der Waals surface area contributed by atoms with E-state index >= 15 is 0 Å². The Morgan fingerprint density at radius 3 is 2.80 bits per heavy atom. The Bertz CT molecular complexity index is 761. The second-order valence-corrected chi connectivity index (χ2v) is 5.38. The van der Waals surface area contributed by atoms with Crippen LogP contribution in [0.4, 0.5) is 0 Å². The second kappa shape index (κ2) is 5.66. The molecule has 0 fully saturated rings. The number of thiazole rings is 1. The highest BCUT2D eigenvalue weighted by atomic mass is 32.1. The number of ether oxygens (including phenoxy) is 1. The van der Waals surface area contributed by atoms with Gasteiger partial charge in [0.2, 0.25) is 0 Å². The van der Waals surface area contributed by atoms with Crippen LogP contribution in [-0.2, 0) is 11.3 Å². The lowest BCUT2D eigenvalue weighted by molar-refractivity contribution is 0.182. The van der Waals surface area contributed by atoms with Crippen molar-refractivity contribution in [1.82, 2.24) is 15.2 Å². The molecule has 7 heteroatoms. The van der Waals surface area contributed by atoms with Gasteiger partial charge in [0.15, 0.2) is 0 Å². The zero-order valence-corrected chi connectivity index (χ0v) is 12.3. The zero-order chi connectivity index (χ0) is 13.9. The number of nitrogens with zero attached hydrogens (tertiary/aromatic N) is 2. The molecular weight excluding hydrogens is 294 g/mol. The molecule has 102 valence electrons. The summed E-state index contributed by atoms with van der Waals surface area (Å²) in [4.78, 5) is 5.68. The van der Waals surface area contributed by atoms with Crippen molar-refractivity contribution in [2.45, 2.75) is 6.61 Å². The molecule has 0 saturated carbocycles. The minimum absolute atomic E-state index is 0.248. The summed E-state index contributed by atoms with van der Waals surface area (Å²) in [7, 11) is 1.63. The van der Waals surface area contributed by atoms with E-state index < -0.39 is 0 Å². The topological polar surface area (TPSA) is 63.9 Å². The van der Waals surface area contributed by atoms with Crippen molar-refractivity contribution in [2.75, 3.05) is 7.11 Å². The molecule has 2 heterocycles. The van der Waals surface area contributed by atoms with Gasteiger partial charge in [0.1, 0.15) is 9.88 Å². The summed E-state index contributed by atoms with van der Waals surface area (Å²) in [5.74, 6) is 0.446. The van der Waals surface area contributed by atoms with Gasteiger partial charge >= 0.3 is 0 Å². The fraction of sp³-hybridized carbons (Fsp3) is 0.154. The molecule has 3 rings (SSSR count). The van der Waals surface area contributed by atoms with E-state index in [2.05, 4.69) is 15.2 Å². The Morgan fingerprint density at radius 2 is 2.15 bits per heavy atom. The largest absolute Gasteiger partial charge is 0.408 e. The van der Waals surface area contributed by atoms with Crippen molar-refractivity contribution in [2.24, 2.45) is 0 Å². The first-order chi connectivity index (χ1) is 9.78. The summed E-state index contributed by atoms with van der Waals surface area (Å²) in [6, 6.07) is 9.96. The van der Waals surface area contributed by atoms with Crippen molar-refractivity contribution < 1.29 is 9.15 Å². The van der Waals surface area contributed by atoms with E-state index in [1.54, 1.807) is 7.11 Å². The third-order valence-electron chi connectivity index (χ3n) is 2.63. The Morgan fingerprint density at radius 1 is 1.35 bits per heavy atom. The van der Waals surface area contributed by atoms with Crippen LogP contribution in [0.15, 0.2) is 34.7 Å². The maximum absolute atomic E-state index is 5.37. The van der Waals surface area contributed by atoms with E-state index in [0.717, 1.165) is 21.1 Å². The van der Waals surface area contributed by atoms with Gasteiger partial charge in [0, 0.05) is 12.7 Å². The maximum atomic E-state index is 5.37. The summed E-state index contributed by atoms with van der Waals surface area (Å²) in [6.07, 6.45) is 0. The molecule has 1 aromatic carbocycles. The molecule has 0 unspecified atom stereocenters. The number of benzene rings is 1. The number of nitrogens with one attached hydrogen (secondary N) is 1. The van der Waals surface area contributed by atoms with Gasteiger partial charge < -0.3 is 9.15 Å². The van der Waals surface area contributed by atoms with Crippen molar-refractivity contribution in [1.29, 1.82) is 0 Å². The Kier molecular flexibility index (Phi) is 3.72. The molecular formula is C13H11N3O2S2.